The molecular weight excluding hydrogens is 170 g/mol. The van der Waals surface area contributed by atoms with E-state index < -0.39 is 0 Å². The Kier molecular flexibility index (Phi) is 5.54. The molecule has 1 heteroatoms. The van der Waals surface area contributed by atoms with Gasteiger partial charge in [-0.25, -0.2) is 0 Å². The van der Waals surface area contributed by atoms with Crippen LogP contribution in [0.1, 0.15) is 59.3 Å². The van der Waals surface area contributed by atoms with E-state index in [9.17, 15) is 0 Å². The molecule has 1 rings (SSSR count). The van der Waals surface area contributed by atoms with Crippen LogP contribution in [0.5, 0.6) is 0 Å². The van der Waals surface area contributed by atoms with Crippen molar-refractivity contribution >= 4 is 0 Å². The fourth-order valence-corrected chi connectivity index (χ4v) is 2.63. The van der Waals surface area contributed by atoms with Gasteiger partial charge in [0, 0.05) is 6.04 Å². The van der Waals surface area contributed by atoms with Crippen LogP contribution < -0.4 is 5.32 Å². The highest BCUT2D eigenvalue weighted by Gasteiger charge is 2.18. The van der Waals surface area contributed by atoms with Gasteiger partial charge in [-0.15, -0.1) is 0 Å². The summed E-state index contributed by atoms with van der Waals surface area (Å²) in [4.78, 5) is 0. The quantitative estimate of drug-likeness (QED) is 0.729. The smallest absolute Gasteiger partial charge is 0.00721 e. The maximum Gasteiger partial charge on any atom is 0.00721 e. The zero-order valence-corrected chi connectivity index (χ0v) is 10.2. The van der Waals surface area contributed by atoms with Crippen LogP contribution in [0, 0.1) is 11.8 Å². The van der Waals surface area contributed by atoms with E-state index in [4.69, 9.17) is 0 Å². The van der Waals surface area contributed by atoms with Crippen molar-refractivity contribution in [1.29, 1.82) is 0 Å². The lowest BCUT2D eigenvalue weighted by Gasteiger charge is -2.28. The first-order chi connectivity index (χ1) is 6.72. The van der Waals surface area contributed by atoms with Crippen molar-refractivity contribution in [3.8, 4) is 0 Å². The van der Waals surface area contributed by atoms with Gasteiger partial charge in [0.2, 0.25) is 0 Å². The Balaban J connectivity index is 2.35. The second-order valence-electron chi connectivity index (χ2n) is 5.26. The van der Waals surface area contributed by atoms with Gasteiger partial charge in [-0.3, -0.25) is 0 Å². The Morgan fingerprint density at radius 1 is 1.07 bits per heavy atom. The van der Waals surface area contributed by atoms with E-state index in [2.05, 4.69) is 26.1 Å². The van der Waals surface area contributed by atoms with E-state index >= 15 is 0 Å². The Hall–Kier alpha value is -0.0400. The molecule has 1 aliphatic rings. The van der Waals surface area contributed by atoms with Crippen molar-refractivity contribution in [3.63, 3.8) is 0 Å². The van der Waals surface area contributed by atoms with Crippen LogP contribution in [0.2, 0.25) is 0 Å². The highest BCUT2D eigenvalue weighted by atomic mass is 14.9. The van der Waals surface area contributed by atoms with Crippen molar-refractivity contribution in [3.05, 3.63) is 0 Å². The number of hydrogen-bond donors (Lipinski definition) is 1. The minimum Gasteiger partial charge on any atom is -0.314 e. The molecule has 0 aromatic rings. The van der Waals surface area contributed by atoms with Gasteiger partial charge in [0.25, 0.3) is 0 Å². The molecule has 0 aliphatic heterocycles. The van der Waals surface area contributed by atoms with Crippen LogP contribution in [0.4, 0.5) is 0 Å². The predicted molar refractivity (Wildman–Crippen MR) is 63.5 cm³/mol. The Bertz CT molecular complexity index is 132. The van der Waals surface area contributed by atoms with E-state index in [-0.39, 0.29) is 0 Å². The topological polar surface area (TPSA) is 12.0 Å². The van der Waals surface area contributed by atoms with E-state index in [0.29, 0.717) is 0 Å². The lowest BCUT2D eigenvalue weighted by atomic mass is 9.84. The van der Waals surface area contributed by atoms with Gasteiger partial charge in [0.15, 0.2) is 0 Å². The van der Waals surface area contributed by atoms with Crippen LogP contribution in [0.15, 0.2) is 0 Å². The standard InChI is InChI=1S/C13H27N/c1-4-8-14-13-9-11(2)6-5-7-12(3)10-13/h11-14H,4-10H2,1-3H3. The molecule has 0 aromatic heterocycles. The third-order valence-electron chi connectivity index (χ3n) is 3.45. The summed E-state index contributed by atoms with van der Waals surface area (Å²) in [5.74, 6) is 1.86. The van der Waals surface area contributed by atoms with Crippen LogP contribution in [0.3, 0.4) is 0 Å². The summed E-state index contributed by atoms with van der Waals surface area (Å²) < 4.78 is 0. The molecule has 1 fully saturated rings. The molecule has 2 atom stereocenters. The van der Waals surface area contributed by atoms with Gasteiger partial charge in [-0.1, -0.05) is 40.0 Å². The summed E-state index contributed by atoms with van der Waals surface area (Å²) in [7, 11) is 0. The molecule has 1 saturated carbocycles. The van der Waals surface area contributed by atoms with Crippen molar-refractivity contribution in [2.45, 2.75) is 65.3 Å². The van der Waals surface area contributed by atoms with Gasteiger partial charge >= 0.3 is 0 Å². The molecule has 0 bridgehead atoms. The van der Waals surface area contributed by atoms with Gasteiger partial charge in [-0.05, 0) is 37.6 Å². The molecule has 1 aliphatic carbocycles. The van der Waals surface area contributed by atoms with Crippen molar-refractivity contribution in [2.75, 3.05) is 6.54 Å². The summed E-state index contributed by atoms with van der Waals surface area (Å²) in [6, 6.07) is 0.792. The van der Waals surface area contributed by atoms with E-state index in [1.165, 1.54) is 45.1 Å². The minimum atomic E-state index is 0.792. The van der Waals surface area contributed by atoms with E-state index in [1.54, 1.807) is 0 Å². The Labute approximate surface area is 89.7 Å². The van der Waals surface area contributed by atoms with Crippen molar-refractivity contribution < 1.29 is 0 Å². The number of nitrogens with one attached hydrogen (secondary N) is 1. The molecule has 84 valence electrons. The van der Waals surface area contributed by atoms with Gasteiger partial charge in [0.1, 0.15) is 0 Å². The van der Waals surface area contributed by atoms with Gasteiger partial charge < -0.3 is 5.32 Å². The van der Waals surface area contributed by atoms with Gasteiger partial charge in [-0.2, -0.15) is 0 Å². The molecule has 1 nitrogen and oxygen atoms in total. The zero-order chi connectivity index (χ0) is 10.4. The highest BCUT2D eigenvalue weighted by Crippen LogP contribution is 2.25. The molecule has 0 heterocycles. The van der Waals surface area contributed by atoms with E-state index in [1.807, 2.05) is 0 Å². The SMILES string of the molecule is CCCNC1CC(C)CCCC(C)C1. The second-order valence-corrected chi connectivity index (χ2v) is 5.26. The fourth-order valence-electron chi connectivity index (χ4n) is 2.63. The first-order valence-electron chi connectivity index (χ1n) is 6.45. The molecule has 0 saturated heterocycles. The average molecular weight is 197 g/mol. The van der Waals surface area contributed by atoms with Gasteiger partial charge in [0.05, 0.1) is 0 Å². The number of hydrogen-bond acceptors (Lipinski definition) is 1. The third kappa shape index (κ3) is 4.45. The Morgan fingerprint density at radius 3 is 2.14 bits per heavy atom. The van der Waals surface area contributed by atoms with Crippen molar-refractivity contribution in [2.24, 2.45) is 11.8 Å². The van der Waals surface area contributed by atoms with Crippen LogP contribution in [-0.2, 0) is 0 Å². The first-order valence-corrected chi connectivity index (χ1v) is 6.45. The molecule has 14 heavy (non-hydrogen) atoms. The second kappa shape index (κ2) is 6.44. The maximum atomic E-state index is 3.70. The van der Waals surface area contributed by atoms with Crippen LogP contribution in [0.25, 0.3) is 0 Å². The zero-order valence-electron chi connectivity index (χ0n) is 10.2. The summed E-state index contributed by atoms with van der Waals surface area (Å²) >= 11 is 0. The fraction of sp³-hybridized carbons (Fsp3) is 1.00. The lowest BCUT2D eigenvalue weighted by Crippen LogP contribution is -2.34. The van der Waals surface area contributed by atoms with Crippen molar-refractivity contribution in [1.82, 2.24) is 5.32 Å². The third-order valence-corrected chi connectivity index (χ3v) is 3.45. The number of rotatable bonds is 3. The summed E-state index contributed by atoms with van der Waals surface area (Å²) in [5.41, 5.74) is 0. The van der Waals surface area contributed by atoms with Crippen LogP contribution in [-0.4, -0.2) is 12.6 Å². The summed E-state index contributed by atoms with van der Waals surface area (Å²) in [6.07, 6.45) is 8.38. The Morgan fingerprint density at radius 2 is 1.64 bits per heavy atom. The monoisotopic (exact) mass is 197 g/mol. The van der Waals surface area contributed by atoms with E-state index in [0.717, 1.165) is 17.9 Å². The van der Waals surface area contributed by atoms with Crippen LogP contribution >= 0.6 is 0 Å². The maximum absolute atomic E-state index is 3.70. The summed E-state index contributed by atoms with van der Waals surface area (Å²) in [5, 5.41) is 3.70. The molecule has 0 aromatic carbocycles. The normalized spacial score (nSPS) is 34.9. The summed E-state index contributed by atoms with van der Waals surface area (Å²) in [6.45, 7) is 8.28. The highest BCUT2D eigenvalue weighted by molar-refractivity contribution is 4.75. The molecule has 0 radical (unpaired) electrons. The molecule has 2 unspecified atom stereocenters. The lowest BCUT2D eigenvalue weighted by molar-refractivity contribution is 0.283. The molecule has 0 amide bonds. The first kappa shape index (κ1) is 12.0. The minimum absolute atomic E-state index is 0.792. The average Bonchev–Trinajstić information content (AvgIpc) is 2.11. The molecule has 1 N–H and O–H groups in total. The molecule has 0 spiro atoms. The molecular formula is C13H27N. The predicted octanol–water partition coefficient (Wildman–Crippen LogP) is 3.59. The largest absolute Gasteiger partial charge is 0.314 e.